The molecule has 68 valence electrons. The molecule has 13 heavy (non-hydrogen) atoms. The summed E-state index contributed by atoms with van der Waals surface area (Å²) >= 11 is 3.39. The third-order valence-corrected chi connectivity index (χ3v) is 2.40. The van der Waals surface area contributed by atoms with Crippen LogP contribution in [0.15, 0.2) is 34.5 Å². The van der Waals surface area contributed by atoms with E-state index in [0.29, 0.717) is 5.76 Å². The van der Waals surface area contributed by atoms with Gasteiger partial charge < -0.3 is 5.11 Å². The number of aliphatic hydroxyl groups excluding tert-OH is 1. The van der Waals surface area contributed by atoms with Crippen molar-refractivity contribution in [1.82, 2.24) is 0 Å². The first-order valence-electron chi connectivity index (χ1n) is 3.92. The number of hydrogen-bond donors (Lipinski definition) is 1. The molecule has 1 N–H and O–H groups in total. The molecule has 0 saturated heterocycles. The van der Waals surface area contributed by atoms with Crippen molar-refractivity contribution in [3.63, 3.8) is 0 Å². The second-order valence-electron chi connectivity index (χ2n) is 2.78. The summed E-state index contributed by atoms with van der Waals surface area (Å²) in [6, 6.07) is 5.83. The van der Waals surface area contributed by atoms with Gasteiger partial charge in [0.05, 0.1) is 5.76 Å². The molecule has 2 heteroatoms. The molecule has 0 saturated carbocycles. The molecule has 0 aromatic heterocycles. The Morgan fingerprint density at radius 3 is 2.85 bits per heavy atom. The van der Waals surface area contributed by atoms with Crippen LogP contribution >= 0.6 is 15.9 Å². The normalized spacial score (nSPS) is 13.4. The number of hydrogen-bond acceptors (Lipinski definition) is 1. The topological polar surface area (TPSA) is 20.2 Å². The highest BCUT2D eigenvalue weighted by atomic mass is 79.9. The Hall–Kier alpha value is -1.02. The predicted molar refractivity (Wildman–Crippen MR) is 59.8 cm³/mol. The van der Waals surface area contributed by atoms with E-state index in [-0.39, 0.29) is 0 Å². The van der Waals surface area contributed by atoms with Crippen LogP contribution in [0.3, 0.4) is 0 Å². The lowest BCUT2D eigenvalue weighted by atomic mass is 10.2. The Bertz CT molecular complexity index is 428. The van der Waals surface area contributed by atoms with Gasteiger partial charge in [-0.1, -0.05) is 40.7 Å². The van der Waals surface area contributed by atoms with E-state index in [4.69, 9.17) is 5.11 Å². The van der Waals surface area contributed by atoms with Gasteiger partial charge in [-0.2, -0.15) is 0 Å². The van der Waals surface area contributed by atoms with Gasteiger partial charge in [0.25, 0.3) is 0 Å². The minimum atomic E-state index is 0.291. The molecule has 0 atom stereocenters. The van der Waals surface area contributed by atoms with Crippen LogP contribution in [-0.2, 0) is 0 Å². The summed E-state index contributed by atoms with van der Waals surface area (Å²) in [5.74, 6) is 0.291. The molecule has 1 aromatic rings. The third kappa shape index (κ3) is 2.74. The molecule has 0 unspecified atom stereocenters. The van der Waals surface area contributed by atoms with E-state index in [2.05, 4.69) is 22.5 Å². The van der Waals surface area contributed by atoms with Crippen molar-refractivity contribution in [1.29, 1.82) is 0 Å². The Kier molecular flexibility index (Phi) is 3.32. The van der Waals surface area contributed by atoms with Gasteiger partial charge in [0, 0.05) is 4.47 Å². The molecule has 1 nitrogen and oxygen atoms in total. The zero-order valence-corrected chi connectivity index (χ0v) is 9.01. The Morgan fingerprint density at radius 2 is 2.23 bits per heavy atom. The molecule has 0 aliphatic rings. The molecule has 0 heterocycles. The SMILES string of the molecule is C=c1c(Br)ccc/c1=C/C=C(\C)O. The summed E-state index contributed by atoms with van der Waals surface area (Å²) in [4.78, 5) is 0. The molecule has 1 rings (SSSR count). The summed E-state index contributed by atoms with van der Waals surface area (Å²) in [7, 11) is 0. The second kappa shape index (κ2) is 4.28. The molecule has 0 fully saturated rings. The summed E-state index contributed by atoms with van der Waals surface area (Å²) in [6.07, 6.45) is 3.48. The highest BCUT2D eigenvalue weighted by molar-refractivity contribution is 9.10. The van der Waals surface area contributed by atoms with Crippen LogP contribution in [0.4, 0.5) is 0 Å². The maximum absolute atomic E-state index is 8.97. The number of rotatable bonds is 1. The zero-order chi connectivity index (χ0) is 9.84. The first-order valence-corrected chi connectivity index (χ1v) is 4.71. The van der Waals surface area contributed by atoms with Crippen molar-refractivity contribution in [3.8, 4) is 0 Å². The van der Waals surface area contributed by atoms with Crippen molar-refractivity contribution in [2.24, 2.45) is 0 Å². The van der Waals surface area contributed by atoms with Crippen LogP contribution in [0.2, 0.25) is 0 Å². The van der Waals surface area contributed by atoms with Crippen molar-refractivity contribution >= 4 is 28.6 Å². The van der Waals surface area contributed by atoms with Crippen LogP contribution in [0.5, 0.6) is 0 Å². The highest BCUT2D eigenvalue weighted by Gasteiger charge is 1.87. The van der Waals surface area contributed by atoms with Gasteiger partial charge in [-0.3, -0.25) is 0 Å². The highest BCUT2D eigenvalue weighted by Crippen LogP contribution is 1.97. The standard InChI is InChI=1S/C11H11BrO/c1-8(13)6-7-10-4-3-5-11(12)9(10)2/h3-7,13H,2H2,1H3/b8-6+,10-7-. The molecule has 0 aliphatic heterocycles. The minimum absolute atomic E-state index is 0.291. The third-order valence-electron chi connectivity index (χ3n) is 1.66. The van der Waals surface area contributed by atoms with Crippen LogP contribution < -0.4 is 10.4 Å². The van der Waals surface area contributed by atoms with Crippen LogP contribution in [0.25, 0.3) is 12.7 Å². The smallest absolute Gasteiger partial charge is 0.0891 e. The van der Waals surface area contributed by atoms with Gasteiger partial charge in [0.2, 0.25) is 0 Å². The molecule has 0 amide bonds. The van der Waals surface area contributed by atoms with Crippen molar-refractivity contribution in [3.05, 3.63) is 44.9 Å². The quantitative estimate of drug-likeness (QED) is 0.744. The Morgan fingerprint density at radius 1 is 1.54 bits per heavy atom. The molecule has 1 aromatic carbocycles. The van der Waals surface area contributed by atoms with E-state index in [0.717, 1.165) is 14.9 Å². The maximum atomic E-state index is 8.97. The Labute approximate surface area is 85.8 Å². The van der Waals surface area contributed by atoms with E-state index in [1.54, 1.807) is 13.0 Å². The van der Waals surface area contributed by atoms with E-state index < -0.39 is 0 Å². The molecule has 0 spiro atoms. The average Bonchev–Trinajstić information content (AvgIpc) is 2.07. The van der Waals surface area contributed by atoms with Crippen molar-refractivity contribution < 1.29 is 5.11 Å². The van der Waals surface area contributed by atoms with Crippen molar-refractivity contribution in [2.45, 2.75) is 6.92 Å². The molecule has 0 bridgehead atoms. The number of benzene rings is 1. The molecule has 0 aliphatic carbocycles. The lowest BCUT2D eigenvalue weighted by molar-refractivity contribution is 0.415. The maximum Gasteiger partial charge on any atom is 0.0891 e. The first kappa shape index (κ1) is 10.1. The summed E-state index contributed by atoms with van der Waals surface area (Å²) in [5.41, 5.74) is 0. The number of allylic oxidation sites excluding steroid dienone is 2. The van der Waals surface area contributed by atoms with Gasteiger partial charge in [-0.15, -0.1) is 0 Å². The lowest BCUT2D eigenvalue weighted by Gasteiger charge is -1.91. The van der Waals surface area contributed by atoms with Crippen LogP contribution in [0, 0.1) is 0 Å². The summed E-state index contributed by atoms with van der Waals surface area (Å²) in [6.45, 7) is 5.55. The zero-order valence-electron chi connectivity index (χ0n) is 7.42. The monoisotopic (exact) mass is 238 g/mol. The van der Waals surface area contributed by atoms with Gasteiger partial charge in [0.15, 0.2) is 0 Å². The second-order valence-corrected chi connectivity index (χ2v) is 3.64. The van der Waals surface area contributed by atoms with Crippen molar-refractivity contribution in [2.75, 3.05) is 0 Å². The molecular weight excluding hydrogens is 228 g/mol. The van der Waals surface area contributed by atoms with Gasteiger partial charge in [0.1, 0.15) is 0 Å². The fourth-order valence-electron chi connectivity index (χ4n) is 0.942. The minimum Gasteiger partial charge on any atom is -0.513 e. The summed E-state index contributed by atoms with van der Waals surface area (Å²) < 4.78 is 0.977. The Balaban J connectivity index is 3.32. The first-order chi connectivity index (χ1) is 6.11. The van der Waals surface area contributed by atoms with E-state index in [1.165, 1.54) is 0 Å². The van der Waals surface area contributed by atoms with Gasteiger partial charge >= 0.3 is 0 Å². The fraction of sp³-hybridized carbons (Fsp3) is 0.0909. The molecule has 0 radical (unpaired) electrons. The average molecular weight is 239 g/mol. The predicted octanol–water partition coefficient (Wildman–Crippen LogP) is 2.10. The van der Waals surface area contributed by atoms with Gasteiger partial charge in [-0.05, 0) is 29.5 Å². The van der Waals surface area contributed by atoms with Crippen LogP contribution in [0.1, 0.15) is 6.92 Å². The lowest BCUT2D eigenvalue weighted by Crippen LogP contribution is -2.23. The van der Waals surface area contributed by atoms with E-state index in [1.807, 2.05) is 24.3 Å². The fourth-order valence-corrected chi connectivity index (χ4v) is 1.32. The molecular formula is C11H11BrO. The van der Waals surface area contributed by atoms with E-state index in [9.17, 15) is 0 Å². The largest absolute Gasteiger partial charge is 0.513 e. The number of aliphatic hydroxyl groups is 1. The number of halogens is 1. The van der Waals surface area contributed by atoms with Gasteiger partial charge in [-0.25, -0.2) is 0 Å². The summed E-state index contributed by atoms with van der Waals surface area (Å²) in [5, 5.41) is 10.9. The van der Waals surface area contributed by atoms with E-state index >= 15 is 0 Å². The van der Waals surface area contributed by atoms with Crippen LogP contribution in [-0.4, -0.2) is 5.11 Å².